The minimum atomic E-state index is -0.303. The van der Waals surface area contributed by atoms with Gasteiger partial charge in [-0.1, -0.05) is 18.0 Å². The molecule has 7 nitrogen and oxygen atoms in total. The summed E-state index contributed by atoms with van der Waals surface area (Å²) in [4.78, 5) is 27.4. The van der Waals surface area contributed by atoms with Gasteiger partial charge in [-0.25, -0.2) is 14.4 Å². The molecule has 1 aromatic carbocycles. The zero-order valence-electron chi connectivity index (χ0n) is 16.5. The van der Waals surface area contributed by atoms with Crippen LogP contribution in [-0.2, 0) is 5.41 Å². The molecule has 0 atom stereocenters. The SMILES string of the molecule is O=C(c1ncccn1)N1CCC(CC2CC2)(c2noc(-c3ccc(F)cc3)n2)CC1. The van der Waals surface area contributed by atoms with Crippen molar-refractivity contribution in [3.05, 3.63) is 60.2 Å². The van der Waals surface area contributed by atoms with Crippen LogP contribution in [0.15, 0.2) is 47.2 Å². The van der Waals surface area contributed by atoms with E-state index in [0.717, 1.165) is 19.3 Å². The van der Waals surface area contributed by atoms with Crippen LogP contribution < -0.4 is 0 Å². The molecular formula is C22H22FN5O2. The third kappa shape index (κ3) is 3.69. The van der Waals surface area contributed by atoms with Gasteiger partial charge in [0.05, 0.1) is 0 Å². The summed E-state index contributed by atoms with van der Waals surface area (Å²) < 4.78 is 18.8. The average molecular weight is 407 g/mol. The topological polar surface area (TPSA) is 85.0 Å². The first-order valence-electron chi connectivity index (χ1n) is 10.3. The first-order chi connectivity index (χ1) is 14.6. The third-order valence-corrected chi connectivity index (χ3v) is 6.13. The number of rotatable bonds is 5. The third-order valence-electron chi connectivity index (χ3n) is 6.13. The number of halogens is 1. The number of hydrogen-bond acceptors (Lipinski definition) is 6. The first-order valence-corrected chi connectivity index (χ1v) is 10.3. The van der Waals surface area contributed by atoms with Gasteiger partial charge in [-0.05, 0) is 55.5 Å². The zero-order chi connectivity index (χ0) is 20.6. The van der Waals surface area contributed by atoms with Crippen molar-refractivity contribution in [1.82, 2.24) is 25.0 Å². The Morgan fingerprint density at radius 1 is 1.13 bits per heavy atom. The standard InChI is InChI=1S/C22H22FN5O2/c23-17-6-4-16(5-7-17)19-26-21(27-30-19)22(14-15-2-3-15)8-12-28(13-9-22)20(29)18-24-10-1-11-25-18/h1,4-7,10-11,15H,2-3,8-9,12-14H2. The lowest BCUT2D eigenvalue weighted by molar-refractivity contribution is 0.0633. The summed E-state index contributed by atoms with van der Waals surface area (Å²) in [7, 11) is 0. The lowest BCUT2D eigenvalue weighted by Crippen LogP contribution is -2.46. The Kier molecular flexibility index (Phi) is 4.77. The highest BCUT2D eigenvalue weighted by atomic mass is 19.1. The fourth-order valence-electron chi connectivity index (χ4n) is 4.23. The highest BCUT2D eigenvalue weighted by molar-refractivity contribution is 5.90. The molecule has 0 spiro atoms. The molecule has 154 valence electrons. The van der Waals surface area contributed by atoms with Crippen LogP contribution in [0.25, 0.3) is 11.5 Å². The van der Waals surface area contributed by atoms with Crippen molar-refractivity contribution in [2.45, 2.75) is 37.5 Å². The Balaban J connectivity index is 1.36. The van der Waals surface area contributed by atoms with Crippen molar-refractivity contribution < 1.29 is 13.7 Å². The molecule has 3 aromatic rings. The number of carbonyl (C=O) groups excluding carboxylic acids is 1. The summed E-state index contributed by atoms with van der Waals surface area (Å²) in [6.07, 6.45) is 8.15. The quantitative estimate of drug-likeness (QED) is 0.642. The van der Waals surface area contributed by atoms with E-state index in [9.17, 15) is 9.18 Å². The van der Waals surface area contributed by atoms with Gasteiger partial charge >= 0.3 is 0 Å². The number of aromatic nitrogens is 4. The van der Waals surface area contributed by atoms with E-state index in [2.05, 4.69) is 20.1 Å². The number of likely N-dealkylation sites (tertiary alicyclic amines) is 1. The van der Waals surface area contributed by atoms with Crippen LogP contribution in [0.1, 0.15) is 48.5 Å². The molecule has 2 fully saturated rings. The number of nitrogens with zero attached hydrogens (tertiary/aromatic N) is 5. The molecule has 3 heterocycles. The molecule has 1 amide bonds. The van der Waals surface area contributed by atoms with Gasteiger partial charge in [-0.3, -0.25) is 4.79 Å². The van der Waals surface area contributed by atoms with E-state index >= 15 is 0 Å². The number of hydrogen-bond donors (Lipinski definition) is 0. The predicted molar refractivity (Wildman–Crippen MR) is 106 cm³/mol. The maximum Gasteiger partial charge on any atom is 0.291 e. The molecule has 0 unspecified atom stereocenters. The monoisotopic (exact) mass is 407 g/mol. The van der Waals surface area contributed by atoms with E-state index in [1.54, 1.807) is 35.5 Å². The lowest BCUT2D eigenvalue weighted by Gasteiger charge is -2.39. The molecular weight excluding hydrogens is 385 g/mol. The molecule has 0 bridgehead atoms. The van der Waals surface area contributed by atoms with Crippen LogP contribution in [0.3, 0.4) is 0 Å². The van der Waals surface area contributed by atoms with E-state index in [0.29, 0.717) is 36.3 Å². The maximum atomic E-state index is 13.2. The Labute approximate surface area is 173 Å². The average Bonchev–Trinajstić information content (AvgIpc) is 3.45. The molecule has 2 aromatic heterocycles. The molecule has 1 aliphatic carbocycles. The second-order valence-corrected chi connectivity index (χ2v) is 8.22. The maximum absolute atomic E-state index is 13.2. The Morgan fingerprint density at radius 2 is 1.83 bits per heavy atom. The molecule has 5 rings (SSSR count). The van der Waals surface area contributed by atoms with Crippen LogP contribution >= 0.6 is 0 Å². The van der Waals surface area contributed by atoms with Crippen molar-refractivity contribution in [2.24, 2.45) is 5.92 Å². The predicted octanol–water partition coefficient (Wildman–Crippen LogP) is 3.64. The zero-order valence-corrected chi connectivity index (χ0v) is 16.5. The molecule has 0 N–H and O–H groups in total. The van der Waals surface area contributed by atoms with Crippen LogP contribution in [-0.4, -0.2) is 44.0 Å². The fourth-order valence-corrected chi connectivity index (χ4v) is 4.23. The number of carbonyl (C=O) groups is 1. The van der Waals surface area contributed by atoms with Gasteiger partial charge in [-0.15, -0.1) is 0 Å². The first kappa shape index (κ1) is 18.8. The van der Waals surface area contributed by atoms with Crippen LogP contribution in [0.4, 0.5) is 4.39 Å². The number of piperidine rings is 1. The van der Waals surface area contributed by atoms with E-state index in [1.807, 2.05) is 0 Å². The molecule has 1 saturated heterocycles. The number of amides is 1. The Morgan fingerprint density at radius 3 is 2.50 bits per heavy atom. The van der Waals surface area contributed by atoms with Crippen molar-refractivity contribution in [3.63, 3.8) is 0 Å². The normalized spacial score (nSPS) is 18.4. The van der Waals surface area contributed by atoms with E-state index < -0.39 is 0 Å². The van der Waals surface area contributed by atoms with Gasteiger partial charge in [0.15, 0.2) is 5.82 Å². The van der Waals surface area contributed by atoms with Crippen molar-refractivity contribution in [1.29, 1.82) is 0 Å². The number of benzene rings is 1. The molecule has 2 aliphatic rings. The lowest BCUT2D eigenvalue weighted by atomic mass is 9.73. The highest BCUT2D eigenvalue weighted by Crippen LogP contribution is 2.46. The van der Waals surface area contributed by atoms with E-state index in [-0.39, 0.29) is 23.0 Å². The van der Waals surface area contributed by atoms with E-state index in [4.69, 9.17) is 4.52 Å². The van der Waals surface area contributed by atoms with Gasteiger partial charge in [-0.2, -0.15) is 4.98 Å². The summed E-state index contributed by atoms with van der Waals surface area (Å²) in [5, 5.41) is 4.31. The van der Waals surface area contributed by atoms with Gasteiger partial charge in [0.25, 0.3) is 11.8 Å². The smallest absolute Gasteiger partial charge is 0.291 e. The van der Waals surface area contributed by atoms with Crippen molar-refractivity contribution >= 4 is 5.91 Å². The Bertz CT molecular complexity index is 1030. The van der Waals surface area contributed by atoms with Gasteiger partial charge in [0.1, 0.15) is 5.82 Å². The Hall–Kier alpha value is -3.16. The molecule has 30 heavy (non-hydrogen) atoms. The second-order valence-electron chi connectivity index (χ2n) is 8.22. The van der Waals surface area contributed by atoms with Gasteiger partial charge < -0.3 is 9.42 Å². The second kappa shape index (κ2) is 7.59. The van der Waals surface area contributed by atoms with E-state index in [1.165, 1.54) is 25.0 Å². The van der Waals surface area contributed by atoms with Crippen LogP contribution in [0.5, 0.6) is 0 Å². The minimum Gasteiger partial charge on any atom is -0.336 e. The summed E-state index contributed by atoms with van der Waals surface area (Å²) in [6.45, 7) is 1.20. The van der Waals surface area contributed by atoms with Gasteiger partial charge in [0, 0.05) is 36.5 Å². The fraction of sp³-hybridized carbons (Fsp3) is 0.409. The van der Waals surface area contributed by atoms with Crippen LogP contribution in [0, 0.1) is 11.7 Å². The van der Waals surface area contributed by atoms with Gasteiger partial charge in [0.2, 0.25) is 5.82 Å². The molecule has 0 radical (unpaired) electrons. The summed E-state index contributed by atoms with van der Waals surface area (Å²) in [6, 6.07) is 7.75. The summed E-state index contributed by atoms with van der Waals surface area (Å²) in [5.74, 6) is 1.55. The largest absolute Gasteiger partial charge is 0.336 e. The van der Waals surface area contributed by atoms with Crippen LogP contribution in [0.2, 0.25) is 0 Å². The van der Waals surface area contributed by atoms with Crippen molar-refractivity contribution in [2.75, 3.05) is 13.1 Å². The molecule has 8 heteroatoms. The summed E-state index contributed by atoms with van der Waals surface area (Å²) >= 11 is 0. The highest BCUT2D eigenvalue weighted by Gasteiger charge is 2.45. The van der Waals surface area contributed by atoms with Crippen molar-refractivity contribution in [3.8, 4) is 11.5 Å². The molecule has 1 saturated carbocycles. The molecule has 1 aliphatic heterocycles. The summed E-state index contributed by atoms with van der Waals surface area (Å²) in [5.41, 5.74) is 0.489. The minimum absolute atomic E-state index is 0.143.